The molecule has 1 aliphatic carbocycles. The van der Waals surface area contributed by atoms with E-state index in [1.54, 1.807) is 7.11 Å². The number of hydrogen-bond donors (Lipinski definition) is 2. The van der Waals surface area contributed by atoms with Crippen LogP contribution in [0.2, 0.25) is 0 Å². The molecule has 1 fully saturated rings. The van der Waals surface area contributed by atoms with Gasteiger partial charge in [-0.2, -0.15) is 0 Å². The number of aliphatic hydroxyl groups excluding tert-OH is 1. The summed E-state index contributed by atoms with van der Waals surface area (Å²) in [5.41, 5.74) is 1.02. The number of nitrogens with zero attached hydrogens (tertiary/aromatic N) is 1. The number of likely N-dealkylation sites (N-methyl/N-ethyl adjacent to an activating group) is 1. The van der Waals surface area contributed by atoms with Gasteiger partial charge in [0.05, 0.1) is 19.8 Å². The van der Waals surface area contributed by atoms with Gasteiger partial charge in [-0.1, -0.05) is 12.1 Å². The van der Waals surface area contributed by atoms with Crippen LogP contribution in [0.5, 0.6) is 5.75 Å². The van der Waals surface area contributed by atoms with Crippen LogP contribution in [0.15, 0.2) is 24.3 Å². The maximum Gasteiger partial charge on any atom is 0.234 e. The summed E-state index contributed by atoms with van der Waals surface area (Å²) in [6, 6.07) is 7.67. The molecule has 1 aromatic rings. The predicted molar refractivity (Wildman–Crippen MR) is 81.1 cm³/mol. The number of benzene rings is 1. The van der Waals surface area contributed by atoms with Crippen LogP contribution in [0.1, 0.15) is 18.4 Å². The molecule has 0 heterocycles. The lowest BCUT2D eigenvalue weighted by molar-refractivity contribution is -0.122. The standard InChI is InChI=1S/C16H24N2O3/c1-18(10-13-6-14(19)7-13)11-16(20)17-9-12-4-3-5-15(8-12)21-2/h3-5,8,13-14,19H,6-7,9-11H2,1-2H3,(H,17,20). The molecule has 0 spiro atoms. The molecule has 5 heteroatoms. The molecule has 0 bridgehead atoms. The van der Waals surface area contributed by atoms with Crippen molar-refractivity contribution in [1.82, 2.24) is 10.2 Å². The summed E-state index contributed by atoms with van der Waals surface area (Å²) in [5, 5.41) is 12.2. The SMILES string of the molecule is COc1cccc(CNC(=O)CN(C)CC2CC(O)C2)c1. The molecule has 1 aromatic carbocycles. The van der Waals surface area contributed by atoms with Crippen molar-refractivity contribution in [2.45, 2.75) is 25.5 Å². The molecule has 2 N–H and O–H groups in total. The molecular weight excluding hydrogens is 268 g/mol. The van der Waals surface area contributed by atoms with Gasteiger partial charge in [0.1, 0.15) is 5.75 Å². The molecule has 0 radical (unpaired) electrons. The Morgan fingerprint density at radius 1 is 1.48 bits per heavy atom. The molecular formula is C16H24N2O3. The van der Waals surface area contributed by atoms with Crippen molar-refractivity contribution in [2.75, 3.05) is 27.2 Å². The third kappa shape index (κ3) is 5.02. The molecule has 0 saturated heterocycles. The van der Waals surface area contributed by atoms with E-state index in [-0.39, 0.29) is 12.0 Å². The molecule has 1 amide bonds. The van der Waals surface area contributed by atoms with Gasteiger partial charge in [0, 0.05) is 13.1 Å². The largest absolute Gasteiger partial charge is 0.497 e. The van der Waals surface area contributed by atoms with E-state index in [4.69, 9.17) is 4.74 Å². The second-order valence-corrected chi connectivity index (χ2v) is 5.82. The number of rotatable bonds is 7. The van der Waals surface area contributed by atoms with Crippen LogP contribution in [0.3, 0.4) is 0 Å². The first-order valence-corrected chi connectivity index (χ1v) is 7.33. The van der Waals surface area contributed by atoms with Crippen LogP contribution in [-0.2, 0) is 11.3 Å². The highest BCUT2D eigenvalue weighted by molar-refractivity contribution is 5.77. The summed E-state index contributed by atoms with van der Waals surface area (Å²) >= 11 is 0. The van der Waals surface area contributed by atoms with E-state index in [2.05, 4.69) is 5.32 Å². The zero-order chi connectivity index (χ0) is 15.2. The van der Waals surface area contributed by atoms with Gasteiger partial charge in [-0.3, -0.25) is 9.69 Å². The van der Waals surface area contributed by atoms with Crippen LogP contribution in [-0.4, -0.2) is 49.3 Å². The summed E-state index contributed by atoms with van der Waals surface area (Å²) in [6.45, 7) is 1.76. The smallest absolute Gasteiger partial charge is 0.234 e. The van der Waals surface area contributed by atoms with Crippen molar-refractivity contribution in [3.63, 3.8) is 0 Å². The Bertz CT molecular complexity index is 472. The topological polar surface area (TPSA) is 61.8 Å². The van der Waals surface area contributed by atoms with Crippen molar-refractivity contribution in [1.29, 1.82) is 0 Å². The third-order valence-corrected chi connectivity index (χ3v) is 3.82. The number of carbonyl (C=O) groups is 1. The normalized spacial score (nSPS) is 21.0. The lowest BCUT2D eigenvalue weighted by atomic mass is 9.82. The number of carbonyl (C=O) groups excluding carboxylic acids is 1. The maximum absolute atomic E-state index is 11.9. The Labute approximate surface area is 125 Å². The van der Waals surface area contributed by atoms with E-state index in [9.17, 15) is 9.90 Å². The Hall–Kier alpha value is -1.59. The van der Waals surface area contributed by atoms with E-state index in [0.717, 1.165) is 30.7 Å². The molecule has 1 saturated carbocycles. The van der Waals surface area contributed by atoms with Crippen LogP contribution in [0.25, 0.3) is 0 Å². The second-order valence-electron chi connectivity index (χ2n) is 5.82. The van der Waals surface area contributed by atoms with E-state index in [1.807, 2.05) is 36.2 Å². The summed E-state index contributed by atoms with van der Waals surface area (Å²) in [4.78, 5) is 13.9. The van der Waals surface area contributed by atoms with Crippen LogP contribution in [0, 0.1) is 5.92 Å². The molecule has 2 rings (SSSR count). The Morgan fingerprint density at radius 2 is 2.24 bits per heavy atom. The summed E-state index contributed by atoms with van der Waals surface area (Å²) in [6.07, 6.45) is 1.58. The Morgan fingerprint density at radius 3 is 2.90 bits per heavy atom. The minimum absolute atomic E-state index is 0.0141. The minimum atomic E-state index is -0.134. The number of nitrogens with one attached hydrogen (secondary N) is 1. The van der Waals surface area contributed by atoms with Gasteiger partial charge in [0.15, 0.2) is 0 Å². The van der Waals surface area contributed by atoms with Crippen molar-refractivity contribution < 1.29 is 14.6 Å². The zero-order valence-electron chi connectivity index (χ0n) is 12.7. The molecule has 116 valence electrons. The van der Waals surface area contributed by atoms with E-state index < -0.39 is 0 Å². The van der Waals surface area contributed by atoms with E-state index >= 15 is 0 Å². The maximum atomic E-state index is 11.9. The predicted octanol–water partition coefficient (Wildman–Crippen LogP) is 1.01. The highest BCUT2D eigenvalue weighted by Crippen LogP contribution is 2.27. The van der Waals surface area contributed by atoms with Gasteiger partial charge in [-0.05, 0) is 43.5 Å². The van der Waals surface area contributed by atoms with Crippen molar-refractivity contribution >= 4 is 5.91 Å². The van der Waals surface area contributed by atoms with E-state index in [1.165, 1.54) is 0 Å². The number of methoxy groups -OCH3 is 1. The van der Waals surface area contributed by atoms with Crippen LogP contribution >= 0.6 is 0 Å². The Kier molecular flexibility index (Phi) is 5.59. The van der Waals surface area contributed by atoms with Gasteiger partial charge in [-0.25, -0.2) is 0 Å². The van der Waals surface area contributed by atoms with Crippen LogP contribution < -0.4 is 10.1 Å². The monoisotopic (exact) mass is 292 g/mol. The molecule has 0 atom stereocenters. The summed E-state index contributed by atoms with van der Waals surface area (Å²) in [5.74, 6) is 1.33. The lowest BCUT2D eigenvalue weighted by Gasteiger charge is -2.34. The van der Waals surface area contributed by atoms with Crippen molar-refractivity contribution in [2.24, 2.45) is 5.92 Å². The fraction of sp³-hybridized carbons (Fsp3) is 0.562. The Balaban J connectivity index is 1.69. The minimum Gasteiger partial charge on any atom is -0.497 e. The first-order valence-electron chi connectivity index (χ1n) is 7.33. The number of hydrogen-bond acceptors (Lipinski definition) is 4. The molecule has 0 aromatic heterocycles. The van der Waals surface area contributed by atoms with Gasteiger partial charge in [0.25, 0.3) is 0 Å². The molecule has 0 unspecified atom stereocenters. The highest BCUT2D eigenvalue weighted by atomic mass is 16.5. The molecule has 1 aliphatic rings. The highest BCUT2D eigenvalue weighted by Gasteiger charge is 2.28. The second kappa shape index (κ2) is 7.43. The average molecular weight is 292 g/mol. The summed E-state index contributed by atoms with van der Waals surface area (Å²) < 4.78 is 5.16. The number of amides is 1. The van der Waals surface area contributed by atoms with Crippen molar-refractivity contribution in [3.05, 3.63) is 29.8 Å². The van der Waals surface area contributed by atoms with Gasteiger partial charge < -0.3 is 15.2 Å². The fourth-order valence-corrected chi connectivity index (χ4v) is 2.64. The van der Waals surface area contributed by atoms with Gasteiger partial charge in [0.2, 0.25) is 5.91 Å². The average Bonchev–Trinajstić information content (AvgIpc) is 2.43. The van der Waals surface area contributed by atoms with Gasteiger partial charge in [-0.15, -0.1) is 0 Å². The molecule has 5 nitrogen and oxygen atoms in total. The zero-order valence-corrected chi connectivity index (χ0v) is 12.7. The van der Waals surface area contributed by atoms with E-state index in [0.29, 0.717) is 19.0 Å². The summed E-state index contributed by atoms with van der Waals surface area (Å²) in [7, 11) is 3.57. The first-order chi connectivity index (χ1) is 10.1. The fourth-order valence-electron chi connectivity index (χ4n) is 2.64. The quantitative estimate of drug-likeness (QED) is 0.787. The molecule has 21 heavy (non-hydrogen) atoms. The van der Waals surface area contributed by atoms with Crippen LogP contribution in [0.4, 0.5) is 0 Å². The van der Waals surface area contributed by atoms with Crippen molar-refractivity contribution in [3.8, 4) is 5.75 Å². The number of aliphatic hydroxyl groups is 1. The number of ether oxygens (including phenoxy) is 1. The van der Waals surface area contributed by atoms with Gasteiger partial charge >= 0.3 is 0 Å². The first kappa shape index (κ1) is 15.8. The lowest BCUT2D eigenvalue weighted by Crippen LogP contribution is -2.41. The molecule has 0 aliphatic heterocycles. The third-order valence-electron chi connectivity index (χ3n) is 3.82.